The van der Waals surface area contributed by atoms with E-state index in [2.05, 4.69) is 16.4 Å². The maximum atomic E-state index is 13.9. The Morgan fingerprint density at radius 3 is 2.62 bits per heavy atom. The van der Waals surface area contributed by atoms with E-state index in [-0.39, 0.29) is 43.7 Å². The van der Waals surface area contributed by atoms with E-state index in [1.54, 1.807) is 34.1 Å². The van der Waals surface area contributed by atoms with Crippen LogP contribution in [0.4, 0.5) is 18.9 Å². The summed E-state index contributed by atoms with van der Waals surface area (Å²) in [5, 5.41) is 22.4. The first-order chi connectivity index (χ1) is 18.5. The fourth-order valence-corrected chi connectivity index (χ4v) is 5.48. The molecule has 2 amide bonds. The highest BCUT2D eigenvalue weighted by Gasteiger charge is 2.45. The Labute approximate surface area is 224 Å². The lowest BCUT2D eigenvalue weighted by atomic mass is 9.90. The van der Waals surface area contributed by atoms with E-state index in [0.29, 0.717) is 48.1 Å². The summed E-state index contributed by atoms with van der Waals surface area (Å²) in [5.74, 6) is -2.30. The number of likely N-dealkylation sites (tertiary alicyclic amines) is 1. The second-order valence-electron chi connectivity index (χ2n) is 10.5. The fourth-order valence-electron chi connectivity index (χ4n) is 5.48. The first kappa shape index (κ1) is 28.6. The van der Waals surface area contributed by atoms with Crippen molar-refractivity contribution in [2.45, 2.75) is 57.0 Å². The SMILES string of the molecule is C[C@@H](O)[C@H](N)C(=O)N1CCC(CC(=O)N[C@@H]2CC(C(F)(F)F)CN(c3ccc(C#N)c4ncccc34)C2)CC1. The smallest absolute Gasteiger partial charge is 0.391 e. The zero-order valence-corrected chi connectivity index (χ0v) is 21.7. The van der Waals surface area contributed by atoms with Gasteiger partial charge in [0.25, 0.3) is 0 Å². The standard InChI is InChI=1S/C27H33F3N6O3/c1-16(37)24(32)26(39)35-9-6-17(7-10-35)11-23(38)34-20-12-19(27(28,29)30)14-36(15-20)22-5-4-18(13-31)25-21(22)3-2-8-33-25/h2-5,8,16-17,19-20,24,37H,6-7,9-12,14-15,32H2,1H3,(H,34,38)/t16-,19?,20-,24+/m1/s1. The maximum absolute atomic E-state index is 13.9. The second-order valence-corrected chi connectivity index (χ2v) is 10.5. The molecule has 3 heterocycles. The molecule has 0 aliphatic carbocycles. The molecule has 2 aliphatic rings. The molecule has 1 aromatic carbocycles. The lowest BCUT2D eigenvalue weighted by Gasteiger charge is -2.40. The minimum atomic E-state index is -4.44. The van der Waals surface area contributed by atoms with Gasteiger partial charge in [-0.1, -0.05) is 0 Å². The summed E-state index contributed by atoms with van der Waals surface area (Å²) in [6.45, 7) is 2.20. The predicted octanol–water partition coefficient (Wildman–Crippen LogP) is 2.32. The van der Waals surface area contributed by atoms with Crippen molar-refractivity contribution < 1.29 is 27.9 Å². The summed E-state index contributed by atoms with van der Waals surface area (Å²) in [7, 11) is 0. The maximum Gasteiger partial charge on any atom is 0.393 e. The minimum Gasteiger partial charge on any atom is -0.391 e. The van der Waals surface area contributed by atoms with E-state index < -0.39 is 30.3 Å². The molecule has 39 heavy (non-hydrogen) atoms. The van der Waals surface area contributed by atoms with Crippen LogP contribution in [0.25, 0.3) is 10.9 Å². The molecule has 4 N–H and O–H groups in total. The predicted molar refractivity (Wildman–Crippen MR) is 138 cm³/mol. The number of piperidine rings is 2. The van der Waals surface area contributed by atoms with Gasteiger partial charge < -0.3 is 26.0 Å². The number of aromatic nitrogens is 1. The number of pyridine rings is 1. The van der Waals surface area contributed by atoms with Crippen molar-refractivity contribution in [1.82, 2.24) is 15.2 Å². The molecule has 0 bridgehead atoms. The van der Waals surface area contributed by atoms with Crippen LogP contribution >= 0.6 is 0 Å². The Morgan fingerprint density at radius 1 is 1.26 bits per heavy atom. The van der Waals surface area contributed by atoms with Crippen molar-refractivity contribution in [3.63, 3.8) is 0 Å². The zero-order chi connectivity index (χ0) is 28.3. The number of anilines is 1. The number of benzene rings is 1. The van der Waals surface area contributed by atoms with Gasteiger partial charge in [-0.05, 0) is 56.4 Å². The molecule has 1 unspecified atom stereocenters. The molecule has 4 rings (SSSR count). The van der Waals surface area contributed by atoms with Crippen molar-refractivity contribution in [3.05, 3.63) is 36.0 Å². The molecule has 2 saturated heterocycles. The van der Waals surface area contributed by atoms with Crippen LogP contribution in [0.15, 0.2) is 30.5 Å². The number of aliphatic hydroxyl groups excluding tert-OH is 1. The highest BCUT2D eigenvalue weighted by molar-refractivity contribution is 5.95. The highest BCUT2D eigenvalue weighted by Crippen LogP contribution is 2.37. The first-order valence-corrected chi connectivity index (χ1v) is 13.1. The van der Waals surface area contributed by atoms with Gasteiger partial charge in [0.05, 0.1) is 23.1 Å². The van der Waals surface area contributed by atoms with Crippen molar-refractivity contribution in [2.24, 2.45) is 17.6 Å². The van der Waals surface area contributed by atoms with E-state index >= 15 is 0 Å². The van der Waals surface area contributed by atoms with Gasteiger partial charge in [0.15, 0.2) is 0 Å². The van der Waals surface area contributed by atoms with Gasteiger partial charge in [0.1, 0.15) is 12.1 Å². The van der Waals surface area contributed by atoms with Crippen LogP contribution in [-0.4, -0.2) is 77.3 Å². The Hall–Kier alpha value is -3.43. The van der Waals surface area contributed by atoms with E-state index in [0.717, 1.165) is 0 Å². The summed E-state index contributed by atoms with van der Waals surface area (Å²) in [4.78, 5) is 32.7. The summed E-state index contributed by atoms with van der Waals surface area (Å²) in [5.41, 5.74) is 7.04. The minimum absolute atomic E-state index is 0.0107. The van der Waals surface area contributed by atoms with Crippen molar-refractivity contribution in [2.75, 3.05) is 31.1 Å². The molecular formula is C27H33F3N6O3. The quantitative estimate of drug-likeness (QED) is 0.506. The number of aliphatic hydroxyl groups is 1. The van der Waals surface area contributed by atoms with Gasteiger partial charge in [-0.3, -0.25) is 14.6 Å². The molecule has 0 spiro atoms. The van der Waals surface area contributed by atoms with Gasteiger partial charge in [0.2, 0.25) is 11.8 Å². The third-order valence-electron chi connectivity index (χ3n) is 7.69. The van der Waals surface area contributed by atoms with Gasteiger partial charge in [0, 0.05) is 55.9 Å². The monoisotopic (exact) mass is 546 g/mol. The first-order valence-electron chi connectivity index (χ1n) is 13.1. The van der Waals surface area contributed by atoms with Crippen LogP contribution in [-0.2, 0) is 9.59 Å². The number of carbonyl (C=O) groups is 2. The summed E-state index contributed by atoms with van der Waals surface area (Å²) < 4.78 is 41.7. The lowest BCUT2D eigenvalue weighted by Crippen LogP contribution is -2.54. The molecule has 2 aromatic rings. The lowest BCUT2D eigenvalue weighted by molar-refractivity contribution is -0.178. The average Bonchev–Trinajstić information content (AvgIpc) is 2.91. The van der Waals surface area contributed by atoms with Crippen LogP contribution in [0.3, 0.4) is 0 Å². The third-order valence-corrected chi connectivity index (χ3v) is 7.69. The number of nitrogens with zero attached hydrogens (tertiary/aromatic N) is 4. The normalized spacial score (nSPS) is 22.3. The number of alkyl halides is 3. The van der Waals surface area contributed by atoms with Crippen molar-refractivity contribution in [1.29, 1.82) is 5.26 Å². The Morgan fingerprint density at radius 2 is 1.97 bits per heavy atom. The molecule has 9 nitrogen and oxygen atoms in total. The molecule has 12 heteroatoms. The van der Waals surface area contributed by atoms with Gasteiger partial charge in [-0.25, -0.2) is 0 Å². The fraction of sp³-hybridized carbons (Fsp3) is 0.556. The molecule has 1 aromatic heterocycles. The van der Waals surface area contributed by atoms with Crippen molar-refractivity contribution in [3.8, 4) is 6.07 Å². The molecular weight excluding hydrogens is 513 g/mol. The number of carbonyl (C=O) groups excluding carboxylic acids is 2. The summed E-state index contributed by atoms with van der Waals surface area (Å²) in [6, 6.07) is 6.96. The van der Waals surface area contributed by atoms with Crippen LogP contribution in [0.5, 0.6) is 0 Å². The molecule has 0 radical (unpaired) electrons. The Bertz CT molecular complexity index is 1240. The Kier molecular flexibility index (Phi) is 8.61. The number of hydrogen-bond acceptors (Lipinski definition) is 7. The van der Waals surface area contributed by atoms with Crippen LogP contribution in [0.2, 0.25) is 0 Å². The van der Waals surface area contributed by atoms with E-state index in [1.807, 2.05) is 0 Å². The summed E-state index contributed by atoms with van der Waals surface area (Å²) >= 11 is 0. The topological polar surface area (TPSA) is 136 Å². The number of rotatable bonds is 6. The number of nitriles is 1. The molecule has 2 aliphatic heterocycles. The zero-order valence-electron chi connectivity index (χ0n) is 21.7. The van der Waals surface area contributed by atoms with E-state index in [9.17, 15) is 33.1 Å². The van der Waals surface area contributed by atoms with Gasteiger partial charge in [-0.15, -0.1) is 0 Å². The molecule has 0 saturated carbocycles. The highest BCUT2D eigenvalue weighted by atomic mass is 19.4. The number of nitrogens with one attached hydrogen (secondary N) is 1. The van der Waals surface area contributed by atoms with Crippen LogP contribution in [0, 0.1) is 23.2 Å². The van der Waals surface area contributed by atoms with Gasteiger partial charge >= 0.3 is 6.18 Å². The van der Waals surface area contributed by atoms with Crippen LogP contribution in [0.1, 0.15) is 38.2 Å². The number of halogens is 3. The Balaban J connectivity index is 1.42. The van der Waals surface area contributed by atoms with E-state index in [1.165, 1.54) is 13.1 Å². The van der Waals surface area contributed by atoms with Crippen molar-refractivity contribution >= 4 is 28.4 Å². The second kappa shape index (κ2) is 11.8. The number of hydrogen-bond donors (Lipinski definition) is 3. The number of fused-ring (bicyclic) bond motifs is 1. The summed E-state index contributed by atoms with van der Waals surface area (Å²) in [6.07, 6.45) is -2.80. The van der Waals surface area contributed by atoms with E-state index in [4.69, 9.17) is 5.73 Å². The van der Waals surface area contributed by atoms with Crippen LogP contribution < -0.4 is 16.0 Å². The largest absolute Gasteiger partial charge is 0.393 e. The average molecular weight is 547 g/mol. The van der Waals surface area contributed by atoms with Gasteiger partial charge in [-0.2, -0.15) is 18.4 Å². The molecule has 4 atom stereocenters. The molecule has 2 fully saturated rings. The number of amides is 2. The molecule has 210 valence electrons. The number of nitrogens with two attached hydrogens (primary N) is 1. The third kappa shape index (κ3) is 6.59.